The third-order valence-electron chi connectivity index (χ3n) is 3.46. The van der Waals surface area contributed by atoms with E-state index in [1.165, 1.54) is 0 Å². The van der Waals surface area contributed by atoms with Gasteiger partial charge in [-0.05, 0) is 24.6 Å². The minimum Gasteiger partial charge on any atom is -0.357 e. The van der Waals surface area contributed by atoms with Gasteiger partial charge in [-0.2, -0.15) is 0 Å². The van der Waals surface area contributed by atoms with Gasteiger partial charge < -0.3 is 10.3 Å². The second kappa shape index (κ2) is 6.05. The molecule has 0 saturated heterocycles. The molecule has 2 aromatic rings. The van der Waals surface area contributed by atoms with Crippen LogP contribution in [0.2, 0.25) is 0 Å². The fraction of sp³-hybridized carbons (Fsp3) is 0.286. The number of pyridine rings is 1. The maximum atomic E-state index is 12.6. The van der Waals surface area contributed by atoms with E-state index >= 15 is 0 Å². The van der Waals surface area contributed by atoms with Crippen molar-refractivity contribution in [2.75, 3.05) is 13.2 Å². The van der Waals surface area contributed by atoms with Crippen LogP contribution in [0.4, 0.5) is 4.39 Å². The Morgan fingerprint density at radius 3 is 2.80 bits per heavy atom. The maximum absolute atomic E-state index is 12.6. The van der Waals surface area contributed by atoms with Crippen molar-refractivity contribution in [1.29, 1.82) is 0 Å². The molecule has 2 aromatic heterocycles. The van der Waals surface area contributed by atoms with Crippen molar-refractivity contribution >= 4 is 18.3 Å². The highest BCUT2D eigenvalue weighted by atomic mass is 35.5. The number of alkyl halides is 1. The Morgan fingerprint density at radius 1 is 1.35 bits per heavy atom. The molecule has 0 spiro atoms. The van der Waals surface area contributed by atoms with Crippen molar-refractivity contribution < 1.29 is 9.18 Å². The molecule has 0 unspecified atom stereocenters. The lowest BCUT2D eigenvalue weighted by molar-refractivity contribution is 0.0938. The average molecular weight is 296 g/mol. The zero-order valence-corrected chi connectivity index (χ0v) is 11.5. The highest BCUT2D eigenvalue weighted by Crippen LogP contribution is 2.30. The largest absolute Gasteiger partial charge is 0.357 e. The summed E-state index contributed by atoms with van der Waals surface area (Å²) in [5.41, 5.74) is 3.30. The van der Waals surface area contributed by atoms with Crippen molar-refractivity contribution in [2.24, 2.45) is 0 Å². The Bertz CT molecular complexity index is 600. The first kappa shape index (κ1) is 14.5. The van der Waals surface area contributed by atoms with Gasteiger partial charge in [0.1, 0.15) is 0 Å². The van der Waals surface area contributed by atoms with Crippen molar-refractivity contribution in [3.05, 3.63) is 41.9 Å². The summed E-state index contributed by atoms with van der Waals surface area (Å²) >= 11 is 0. The molecule has 4 nitrogen and oxygen atoms in total. The van der Waals surface area contributed by atoms with E-state index in [0.717, 1.165) is 17.0 Å². The number of aromatic amines is 1. The number of carbonyl (C=O) groups is 1. The summed E-state index contributed by atoms with van der Waals surface area (Å²) in [5, 5.41) is 2.80. The molecule has 2 N–H and O–H groups in total. The Hall–Kier alpha value is -1.88. The van der Waals surface area contributed by atoms with Gasteiger partial charge in [-0.25, -0.2) is 0 Å². The lowest BCUT2D eigenvalue weighted by Gasteiger charge is -2.21. The summed E-state index contributed by atoms with van der Waals surface area (Å²) in [6.07, 6.45) is 3.83. The number of halogens is 2. The highest BCUT2D eigenvalue weighted by Gasteiger charge is 2.27. The lowest BCUT2D eigenvalue weighted by atomic mass is 9.95. The average Bonchev–Trinajstić information content (AvgIpc) is 2.89. The van der Waals surface area contributed by atoms with Gasteiger partial charge in [0.2, 0.25) is 0 Å². The number of aromatic nitrogens is 2. The number of nitrogens with zero attached hydrogens (tertiary/aromatic N) is 1. The molecule has 0 saturated carbocycles. The van der Waals surface area contributed by atoms with Crippen molar-refractivity contribution in [3.8, 4) is 11.3 Å². The van der Waals surface area contributed by atoms with E-state index in [4.69, 9.17) is 0 Å². The predicted octanol–water partition coefficient (Wildman–Crippen LogP) is 2.69. The van der Waals surface area contributed by atoms with E-state index in [9.17, 15) is 9.18 Å². The van der Waals surface area contributed by atoms with Gasteiger partial charge in [-0.3, -0.25) is 14.2 Å². The molecule has 0 radical (unpaired) electrons. The van der Waals surface area contributed by atoms with Crippen LogP contribution in [0.1, 0.15) is 28.4 Å². The zero-order valence-electron chi connectivity index (χ0n) is 10.7. The molecule has 0 fully saturated rings. The Labute approximate surface area is 122 Å². The van der Waals surface area contributed by atoms with E-state index in [-0.39, 0.29) is 30.9 Å². The molecule has 106 valence electrons. The molecule has 0 aliphatic carbocycles. The molecular weight excluding hydrogens is 281 g/mol. The number of amides is 1. The Morgan fingerprint density at radius 2 is 2.10 bits per heavy atom. The van der Waals surface area contributed by atoms with Crippen LogP contribution in [-0.2, 0) is 0 Å². The van der Waals surface area contributed by atoms with Crippen LogP contribution in [0.15, 0.2) is 30.6 Å². The number of hydrogen-bond donors (Lipinski definition) is 2. The molecule has 1 aliphatic heterocycles. The monoisotopic (exact) mass is 295 g/mol. The quantitative estimate of drug-likeness (QED) is 0.914. The van der Waals surface area contributed by atoms with Gasteiger partial charge in [-0.15, -0.1) is 12.4 Å². The van der Waals surface area contributed by atoms with E-state index in [0.29, 0.717) is 18.5 Å². The van der Waals surface area contributed by atoms with Crippen LogP contribution in [0.25, 0.3) is 11.3 Å². The summed E-state index contributed by atoms with van der Waals surface area (Å²) in [6, 6.07) is 5.57. The smallest absolute Gasteiger partial charge is 0.253 e. The molecule has 0 aromatic carbocycles. The molecule has 6 heteroatoms. The number of nitrogens with one attached hydrogen (secondary N) is 2. The van der Waals surface area contributed by atoms with Crippen LogP contribution in [0.3, 0.4) is 0 Å². The van der Waals surface area contributed by atoms with Crippen molar-refractivity contribution in [3.63, 3.8) is 0 Å². The standard InChI is InChI=1S/C14H14FN3O.ClH/c15-4-1-10-8-17-14(19)11-7-12(18-13(10)11)9-2-5-16-6-3-9;/h2-3,5-7,10,18H,1,4,8H2,(H,17,19);1H/t10-;/m0./s1. The lowest BCUT2D eigenvalue weighted by Crippen LogP contribution is -2.34. The van der Waals surface area contributed by atoms with E-state index in [2.05, 4.69) is 15.3 Å². The van der Waals surface area contributed by atoms with Crippen LogP contribution >= 0.6 is 12.4 Å². The van der Waals surface area contributed by atoms with Crippen LogP contribution in [-0.4, -0.2) is 29.1 Å². The third-order valence-corrected chi connectivity index (χ3v) is 3.46. The van der Waals surface area contributed by atoms with Crippen LogP contribution in [0.5, 0.6) is 0 Å². The second-order valence-electron chi connectivity index (χ2n) is 4.63. The number of carbonyl (C=O) groups excluding carboxylic acids is 1. The molecular formula is C14H15ClFN3O. The van der Waals surface area contributed by atoms with Crippen LogP contribution < -0.4 is 5.32 Å². The minimum absolute atomic E-state index is 0. The van der Waals surface area contributed by atoms with Gasteiger partial charge in [0.05, 0.1) is 12.2 Å². The van der Waals surface area contributed by atoms with Gasteiger partial charge >= 0.3 is 0 Å². The molecule has 1 amide bonds. The second-order valence-corrected chi connectivity index (χ2v) is 4.63. The van der Waals surface area contributed by atoms with Crippen molar-refractivity contribution in [1.82, 2.24) is 15.3 Å². The summed E-state index contributed by atoms with van der Waals surface area (Å²) in [5.74, 6) is -0.0741. The molecule has 3 heterocycles. The number of hydrogen-bond acceptors (Lipinski definition) is 2. The number of fused-ring (bicyclic) bond motifs is 1. The van der Waals surface area contributed by atoms with E-state index in [1.807, 2.05) is 18.2 Å². The normalized spacial score (nSPS) is 17.1. The Kier molecular flexibility index (Phi) is 4.39. The fourth-order valence-corrected chi connectivity index (χ4v) is 2.46. The van der Waals surface area contributed by atoms with Crippen molar-refractivity contribution in [2.45, 2.75) is 12.3 Å². The Balaban J connectivity index is 0.00000147. The maximum Gasteiger partial charge on any atom is 0.253 e. The number of H-pyrrole nitrogens is 1. The van der Waals surface area contributed by atoms with Gasteiger partial charge in [0.25, 0.3) is 5.91 Å². The molecule has 1 aliphatic rings. The van der Waals surface area contributed by atoms with Gasteiger partial charge in [0, 0.05) is 41.8 Å². The molecule has 20 heavy (non-hydrogen) atoms. The van der Waals surface area contributed by atoms with Gasteiger partial charge in [-0.1, -0.05) is 0 Å². The molecule has 0 bridgehead atoms. The zero-order chi connectivity index (χ0) is 13.2. The van der Waals surface area contributed by atoms with Gasteiger partial charge in [0.15, 0.2) is 0 Å². The molecule has 3 rings (SSSR count). The summed E-state index contributed by atoms with van der Waals surface area (Å²) in [7, 11) is 0. The molecule has 1 atom stereocenters. The first-order valence-electron chi connectivity index (χ1n) is 6.27. The predicted molar refractivity (Wildman–Crippen MR) is 76.9 cm³/mol. The first-order valence-corrected chi connectivity index (χ1v) is 6.27. The number of rotatable bonds is 3. The SMILES string of the molecule is Cl.O=C1NC[C@H](CCF)c2[nH]c(-c3ccncc3)cc21. The van der Waals surface area contributed by atoms with E-state index < -0.39 is 0 Å². The summed E-state index contributed by atoms with van der Waals surface area (Å²) in [6.45, 7) is 0.107. The summed E-state index contributed by atoms with van der Waals surface area (Å²) < 4.78 is 12.6. The highest BCUT2D eigenvalue weighted by molar-refractivity contribution is 5.98. The van der Waals surface area contributed by atoms with Crippen LogP contribution in [0, 0.1) is 0 Å². The third kappa shape index (κ3) is 2.54. The minimum atomic E-state index is -0.385. The first-order chi connectivity index (χ1) is 9.29. The topological polar surface area (TPSA) is 57.8 Å². The summed E-state index contributed by atoms with van der Waals surface area (Å²) in [4.78, 5) is 19.1. The van der Waals surface area contributed by atoms with E-state index in [1.54, 1.807) is 12.4 Å². The fourth-order valence-electron chi connectivity index (χ4n) is 2.46.